The van der Waals surface area contributed by atoms with Crippen LogP contribution >= 0.6 is 0 Å². The predicted octanol–water partition coefficient (Wildman–Crippen LogP) is 0.827. The van der Waals surface area contributed by atoms with Crippen molar-refractivity contribution < 1.29 is 13.2 Å². The fraction of sp³-hybridized carbons (Fsp3) is 0.333. The number of likely N-dealkylation sites (tertiary alicyclic amines) is 1. The van der Waals surface area contributed by atoms with Crippen LogP contribution in [-0.2, 0) is 28.4 Å². The molecule has 2 aromatic heterocycles. The van der Waals surface area contributed by atoms with E-state index in [0.29, 0.717) is 13.1 Å². The van der Waals surface area contributed by atoms with Gasteiger partial charge in [0.15, 0.2) is 0 Å². The van der Waals surface area contributed by atoms with Gasteiger partial charge in [-0.3, -0.25) is 23.4 Å². The minimum absolute atomic E-state index is 0.0291. The summed E-state index contributed by atoms with van der Waals surface area (Å²) in [5, 5.41) is 0.0291. The first-order chi connectivity index (χ1) is 15.2. The zero-order valence-electron chi connectivity index (χ0n) is 17.7. The van der Waals surface area contributed by atoms with Gasteiger partial charge in [0.05, 0.1) is 15.8 Å². The first-order valence-corrected chi connectivity index (χ1v) is 11.6. The topological polar surface area (TPSA) is 123 Å². The van der Waals surface area contributed by atoms with Gasteiger partial charge in [0.1, 0.15) is 12.4 Å². The molecule has 32 heavy (non-hydrogen) atoms. The number of rotatable bonds is 5. The molecule has 0 aliphatic carbocycles. The first-order valence-electron chi connectivity index (χ1n) is 10.1. The first kappa shape index (κ1) is 21.8. The van der Waals surface area contributed by atoms with E-state index in [4.69, 9.17) is 0 Å². The van der Waals surface area contributed by atoms with Crippen molar-refractivity contribution in [3.8, 4) is 0 Å². The molecule has 0 saturated carbocycles. The van der Waals surface area contributed by atoms with E-state index in [1.165, 1.54) is 36.0 Å². The maximum Gasteiger partial charge on any atom is 0.331 e. The Balaban J connectivity index is 1.76. The number of benzene rings is 1. The maximum atomic E-state index is 13.1. The highest BCUT2D eigenvalue weighted by molar-refractivity contribution is 7.92. The van der Waals surface area contributed by atoms with Crippen molar-refractivity contribution >= 4 is 32.7 Å². The Hall–Kier alpha value is -3.47. The lowest BCUT2D eigenvalue weighted by Crippen LogP contribution is -2.43. The molecule has 1 fully saturated rings. The second-order valence-corrected chi connectivity index (χ2v) is 9.51. The zero-order valence-corrected chi connectivity index (χ0v) is 18.6. The Labute approximate surface area is 184 Å². The minimum Gasteiger partial charge on any atom is -0.341 e. The number of fused-ring (bicyclic) bond motifs is 1. The summed E-state index contributed by atoms with van der Waals surface area (Å²) in [5.74, 6) is -0.156. The van der Waals surface area contributed by atoms with Gasteiger partial charge >= 0.3 is 5.69 Å². The number of nitrogens with zero attached hydrogens (tertiary/aromatic N) is 4. The van der Waals surface area contributed by atoms with Crippen molar-refractivity contribution in [2.45, 2.75) is 31.2 Å². The molecule has 168 valence electrons. The van der Waals surface area contributed by atoms with Crippen molar-refractivity contribution in [1.82, 2.24) is 19.0 Å². The summed E-state index contributed by atoms with van der Waals surface area (Å²) < 4.78 is 30.2. The van der Waals surface area contributed by atoms with Crippen LogP contribution in [0.2, 0.25) is 0 Å². The van der Waals surface area contributed by atoms with E-state index >= 15 is 0 Å². The number of amides is 1. The molecule has 4 rings (SSSR count). The molecule has 1 amide bonds. The molecule has 1 saturated heterocycles. The highest BCUT2D eigenvalue weighted by atomic mass is 32.2. The van der Waals surface area contributed by atoms with Gasteiger partial charge in [-0.1, -0.05) is 0 Å². The molecule has 1 aliphatic rings. The smallest absolute Gasteiger partial charge is 0.331 e. The largest absolute Gasteiger partial charge is 0.341 e. The van der Waals surface area contributed by atoms with Gasteiger partial charge in [0, 0.05) is 26.3 Å². The number of anilines is 1. The van der Waals surface area contributed by atoms with Crippen LogP contribution in [0.3, 0.4) is 0 Å². The van der Waals surface area contributed by atoms with Crippen LogP contribution in [0.25, 0.3) is 10.9 Å². The molecule has 0 unspecified atom stereocenters. The SMILES string of the molecule is Cc1ccnc(NS(=O)(=O)c2ccc3c(c2)c(=O)n(CC(=O)N2CCCC2)c(=O)n3C)c1. The third kappa shape index (κ3) is 4.03. The highest BCUT2D eigenvalue weighted by Gasteiger charge is 2.22. The Morgan fingerprint density at radius 1 is 1.12 bits per heavy atom. The minimum atomic E-state index is -4.03. The number of hydrogen-bond acceptors (Lipinski definition) is 6. The Morgan fingerprint density at radius 3 is 2.53 bits per heavy atom. The molecule has 3 heterocycles. The van der Waals surface area contributed by atoms with E-state index in [9.17, 15) is 22.8 Å². The fourth-order valence-electron chi connectivity index (χ4n) is 3.79. The molecule has 1 aliphatic heterocycles. The number of aromatic nitrogens is 3. The van der Waals surface area contributed by atoms with Gasteiger partial charge in [0.25, 0.3) is 15.6 Å². The monoisotopic (exact) mass is 457 g/mol. The normalized spacial score (nSPS) is 14.1. The molecule has 1 aromatic carbocycles. The third-order valence-electron chi connectivity index (χ3n) is 5.54. The number of sulfonamides is 1. The lowest BCUT2D eigenvalue weighted by Gasteiger charge is -2.17. The van der Waals surface area contributed by atoms with Crippen molar-refractivity contribution in [2.24, 2.45) is 7.05 Å². The van der Waals surface area contributed by atoms with Gasteiger partial charge in [-0.25, -0.2) is 18.2 Å². The van der Waals surface area contributed by atoms with E-state index in [0.717, 1.165) is 23.0 Å². The van der Waals surface area contributed by atoms with Crippen molar-refractivity contribution in [3.05, 3.63) is 62.9 Å². The lowest BCUT2D eigenvalue weighted by molar-refractivity contribution is -0.130. The van der Waals surface area contributed by atoms with E-state index in [-0.39, 0.29) is 34.1 Å². The second-order valence-electron chi connectivity index (χ2n) is 7.82. The summed E-state index contributed by atoms with van der Waals surface area (Å²) in [4.78, 5) is 43.8. The Bertz CT molecular complexity index is 1440. The molecule has 11 heteroatoms. The zero-order chi connectivity index (χ0) is 23.0. The van der Waals surface area contributed by atoms with Crippen LogP contribution in [0.1, 0.15) is 18.4 Å². The summed E-state index contributed by atoms with van der Waals surface area (Å²) in [6.07, 6.45) is 3.26. The summed E-state index contributed by atoms with van der Waals surface area (Å²) in [5.41, 5.74) is -0.233. The standard InChI is InChI=1S/C21H23N5O5S/c1-14-7-8-22-18(11-14)23-32(30,31)15-5-6-17-16(12-15)20(28)26(21(29)24(17)2)13-19(27)25-9-3-4-10-25/h5-8,11-12H,3-4,9-10,13H2,1-2H3,(H,22,23). The summed E-state index contributed by atoms with van der Waals surface area (Å²) in [6.45, 7) is 2.62. The van der Waals surface area contributed by atoms with E-state index in [1.54, 1.807) is 17.0 Å². The van der Waals surface area contributed by atoms with Gasteiger partial charge in [-0.15, -0.1) is 0 Å². The maximum absolute atomic E-state index is 13.1. The third-order valence-corrected chi connectivity index (χ3v) is 6.89. The number of nitrogens with one attached hydrogen (secondary N) is 1. The molecular formula is C21H23N5O5S. The van der Waals surface area contributed by atoms with Gasteiger partial charge < -0.3 is 4.90 Å². The highest BCUT2D eigenvalue weighted by Crippen LogP contribution is 2.19. The Morgan fingerprint density at radius 2 is 1.84 bits per heavy atom. The summed E-state index contributed by atoms with van der Waals surface area (Å²) in [6, 6.07) is 7.26. The van der Waals surface area contributed by atoms with Crippen LogP contribution in [0.4, 0.5) is 5.82 Å². The quantitative estimate of drug-likeness (QED) is 0.605. The average molecular weight is 458 g/mol. The number of pyridine rings is 1. The number of carbonyl (C=O) groups excluding carboxylic acids is 1. The van der Waals surface area contributed by atoms with Crippen molar-refractivity contribution in [1.29, 1.82) is 0 Å². The number of hydrogen-bond donors (Lipinski definition) is 1. The molecule has 0 bridgehead atoms. The molecule has 0 radical (unpaired) electrons. The van der Waals surface area contributed by atoms with Crippen LogP contribution < -0.4 is 16.0 Å². The molecule has 0 spiro atoms. The van der Waals surface area contributed by atoms with Crippen LogP contribution in [0.15, 0.2) is 51.0 Å². The summed E-state index contributed by atoms with van der Waals surface area (Å²) in [7, 11) is -2.56. The Kier molecular flexibility index (Phi) is 5.59. The lowest BCUT2D eigenvalue weighted by atomic mass is 10.2. The van der Waals surface area contributed by atoms with E-state index < -0.39 is 21.3 Å². The molecule has 10 nitrogen and oxygen atoms in total. The van der Waals surface area contributed by atoms with Gasteiger partial charge in [-0.05, 0) is 55.7 Å². The van der Waals surface area contributed by atoms with Gasteiger partial charge in [-0.2, -0.15) is 0 Å². The van der Waals surface area contributed by atoms with Gasteiger partial charge in [0.2, 0.25) is 5.91 Å². The van der Waals surface area contributed by atoms with E-state index in [2.05, 4.69) is 9.71 Å². The number of carbonyl (C=O) groups is 1. The van der Waals surface area contributed by atoms with Crippen LogP contribution in [-0.4, -0.2) is 46.4 Å². The number of aryl methyl sites for hydroxylation is 2. The molecule has 0 atom stereocenters. The summed E-state index contributed by atoms with van der Waals surface area (Å²) >= 11 is 0. The van der Waals surface area contributed by atoms with Crippen molar-refractivity contribution in [3.63, 3.8) is 0 Å². The van der Waals surface area contributed by atoms with Crippen LogP contribution in [0, 0.1) is 6.92 Å². The average Bonchev–Trinajstić information content (AvgIpc) is 3.29. The molecule has 3 aromatic rings. The van der Waals surface area contributed by atoms with Crippen LogP contribution in [0.5, 0.6) is 0 Å². The van der Waals surface area contributed by atoms with Crippen molar-refractivity contribution in [2.75, 3.05) is 17.8 Å². The second kappa shape index (κ2) is 8.23. The molecule has 1 N–H and O–H groups in total. The predicted molar refractivity (Wildman–Crippen MR) is 119 cm³/mol. The van der Waals surface area contributed by atoms with E-state index in [1.807, 2.05) is 6.92 Å². The fourth-order valence-corrected chi connectivity index (χ4v) is 4.82. The molecular weight excluding hydrogens is 434 g/mol.